The van der Waals surface area contributed by atoms with Crippen LogP contribution < -0.4 is 5.32 Å². The fraction of sp³-hybridized carbons (Fsp3) is 0.900. The van der Waals surface area contributed by atoms with Gasteiger partial charge in [0.2, 0.25) is 0 Å². The summed E-state index contributed by atoms with van der Waals surface area (Å²) in [7, 11) is 0. The molecule has 0 aromatic heterocycles. The molecule has 0 bridgehead atoms. The number of alkyl carbamates (subject to hydrolysis) is 1. The van der Waals surface area contributed by atoms with Crippen molar-refractivity contribution in [2.24, 2.45) is 5.92 Å². The van der Waals surface area contributed by atoms with Gasteiger partial charge in [0.25, 0.3) is 0 Å². The van der Waals surface area contributed by atoms with Crippen LogP contribution in [0.15, 0.2) is 0 Å². The number of amides is 1. The Morgan fingerprint density at radius 3 is 3.00 bits per heavy atom. The molecule has 0 radical (unpaired) electrons. The average molecular weight is 201 g/mol. The maximum Gasteiger partial charge on any atom is 0.407 e. The van der Waals surface area contributed by atoms with Crippen LogP contribution in [0.3, 0.4) is 0 Å². The monoisotopic (exact) mass is 201 g/mol. The van der Waals surface area contributed by atoms with E-state index in [-0.39, 0.29) is 6.09 Å². The Morgan fingerprint density at radius 1 is 1.57 bits per heavy atom. The van der Waals surface area contributed by atoms with Crippen LogP contribution in [0.5, 0.6) is 0 Å². The highest BCUT2D eigenvalue weighted by molar-refractivity contribution is 5.67. The molecule has 4 nitrogen and oxygen atoms in total. The van der Waals surface area contributed by atoms with E-state index in [1.807, 2.05) is 0 Å². The SMILES string of the molecule is CCOC(=O)NCC1CCOC1CC. The molecule has 1 fully saturated rings. The van der Waals surface area contributed by atoms with E-state index in [1.165, 1.54) is 0 Å². The van der Waals surface area contributed by atoms with Gasteiger partial charge >= 0.3 is 6.09 Å². The summed E-state index contributed by atoms with van der Waals surface area (Å²) >= 11 is 0. The van der Waals surface area contributed by atoms with E-state index in [1.54, 1.807) is 6.92 Å². The lowest BCUT2D eigenvalue weighted by Gasteiger charge is -2.16. The molecule has 1 saturated heterocycles. The molecule has 1 aliphatic rings. The normalized spacial score (nSPS) is 26.1. The van der Waals surface area contributed by atoms with Gasteiger partial charge < -0.3 is 14.8 Å². The Morgan fingerprint density at radius 2 is 2.36 bits per heavy atom. The van der Waals surface area contributed by atoms with Crippen molar-refractivity contribution in [3.8, 4) is 0 Å². The lowest BCUT2D eigenvalue weighted by atomic mass is 10.00. The second kappa shape index (κ2) is 5.86. The average Bonchev–Trinajstić information content (AvgIpc) is 2.62. The lowest BCUT2D eigenvalue weighted by molar-refractivity contribution is 0.0861. The molecule has 1 heterocycles. The Labute approximate surface area is 85.0 Å². The van der Waals surface area contributed by atoms with Crippen molar-refractivity contribution in [3.05, 3.63) is 0 Å². The molecule has 0 aliphatic carbocycles. The number of carbonyl (C=O) groups is 1. The second-order valence-electron chi connectivity index (χ2n) is 3.47. The maximum absolute atomic E-state index is 11.0. The first-order chi connectivity index (χ1) is 6.77. The van der Waals surface area contributed by atoms with Crippen molar-refractivity contribution in [1.29, 1.82) is 0 Å². The molecule has 4 heteroatoms. The molecule has 14 heavy (non-hydrogen) atoms. The van der Waals surface area contributed by atoms with Gasteiger partial charge in [-0.05, 0) is 19.8 Å². The van der Waals surface area contributed by atoms with Gasteiger partial charge in [-0.3, -0.25) is 0 Å². The third kappa shape index (κ3) is 3.18. The summed E-state index contributed by atoms with van der Waals surface area (Å²) < 4.78 is 10.3. The van der Waals surface area contributed by atoms with E-state index in [2.05, 4.69) is 12.2 Å². The molecular weight excluding hydrogens is 182 g/mol. The molecule has 2 unspecified atom stereocenters. The van der Waals surface area contributed by atoms with Crippen LogP contribution in [0.4, 0.5) is 4.79 Å². The zero-order chi connectivity index (χ0) is 10.4. The smallest absolute Gasteiger partial charge is 0.407 e. The molecule has 1 amide bonds. The molecular formula is C10H19NO3. The maximum atomic E-state index is 11.0. The van der Waals surface area contributed by atoms with Crippen molar-refractivity contribution < 1.29 is 14.3 Å². The van der Waals surface area contributed by atoms with Gasteiger partial charge in [0.05, 0.1) is 12.7 Å². The third-order valence-electron chi connectivity index (χ3n) is 2.53. The predicted octanol–water partition coefficient (Wildman–Crippen LogP) is 1.55. The van der Waals surface area contributed by atoms with E-state index in [4.69, 9.17) is 9.47 Å². The van der Waals surface area contributed by atoms with Gasteiger partial charge in [0.15, 0.2) is 0 Å². The van der Waals surface area contributed by atoms with Gasteiger partial charge in [-0.2, -0.15) is 0 Å². The second-order valence-corrected chi connectivity index (χ2v) is 3.47. The Bertz CT molecular complexity index is 184. The zero-order valence-corrected chi connectivity index (χ0v) is 8.91. The van der Waals surface area contributed by atoms with E-state index in [0.717, 1.165) is 19.4 Å². The fourth-order valence-corrected chi connectivity index (χ4v) is 1.77. The van der Waals surface area contributed by atoms with Gasteiger partial charge in [0.1, 0.15) is 0 Å². The minimum Gasteiger partial charge on any atom is -0.450 e. The van der Waals surface area contributed by atoms with Crippen LogP contribution in [0.1, 0.15) is 26.7 Å². The van der Waals surface area contributed by atoms with Crippen molar-refractivity contribution in [2.75, 3.05) is 19.8 Å². The van der Waals surface area contributed by atoms with Crippen LogP contribution >= 0.6 is 0 Å². The van der Waals surface area contributed by atoms with E-state index in [9.17, 15) is 4.79 Å². The lowest BCUT2D eigenvalue weighted by Crippen LogP contribution is -2.33. The minimum atomic E-state index is -0.325. The number of rotatable bonds is 4. The summed E-state index contributed by atoms with van der Waals surface area (Å²) in [6.07, 6.45) is 2.02. The predicted molar refractivity (Wildman–Crippen MR) is 53.2 cm³/mol. The number of ether oxygens (including phenoxy) is 2. The van der Waals surface area contributed by atoms with Crippen LogP contribution in [0.2, 0.25) is 0 Å². The largest absolute Gasteiger partial charge is 0.450 e. The van der Waals surface area contributed by atoms with Gasteiger partial charge in [-0.1, -0.05) is 6.92 Å². The molecule has 0 spiro atoms. The van der Waals surface area contributed by atoms with E-state index < -0.39 is 0 Å². The van der Waals surface area contributed by atoms with Crippen LogP contribution in [0, 0.1) is 5.92 Å². The summed E-state index contributed by atoms with van der Waals surface area (Å²) in [5.74, 6) is 0.449. The number of hydrogen-bond acceptors (Lipinski definition) is 3. The fourth-order valence-electron chi connectivity index (χ4n) is 1.77. The van der Waals surface area contributed by atoms with Crippen molar-refractivity contribution in [2.45, 2.75) is 32.8 Å². The number of nitrogens with one attached hydrogen (secondary N) is 1. The van der Waals surface area contributed by atoms with Crippen LogP contribution in [-0.2, 0) is 9.47 Å². The van der Waals surface area contributed by atoms with E-state index in [0.29, 0.717) is 25.2 Å². The Kier molecular flexibility index (Phi) is 4.73. The van der Waals surface area contributed by atoms with Crippen LogP contribution in [0.25, 0.3) is 0 Å². The molecule has 1 aliphatic heterocycles. The highest BCUT2D eigenvalue weighted by Crippen LogP contribution is 2.22. The summed E-state index contributed by atoms with van der Waals surface area (Å²) in [5.41, 5.74) is 0. The first-order valence-corrected chi connectivity index (χ1v) is 5.30. The standard InChI is InChI=1S/C10H19NO3/c1-3-9-8(5-6-14-9)7-11-10(12)13-4-2/h8-9H,3-7H2,1-2H3,(H,11,12). The zero-order valence-electron chi connectivity index (χ0n) is 8.91. The highest BCUT2D eigenvalue weighted by atomic mass is 16.5. The molecule has 0 saturated carbocycles. The summed E-state index contributed by atoms with van der Waals surface area (Å²) in [6.45, 7) is 5.80. The van der Waals surface area contributed by atoms with Crippen LogP contribution in [-0.4, -0.2) is 32.0 Å². The summed E-state index contributed by atoms with van der Waals surface area (Å²) in [5, 5.41) is 2.75. The van der Waals surface area contributed by atoms with Gasteiger partial charge in [0, 0.05) is 19.1 Å². The summed E-state index contributed by atoms with van der Waals surface area (Å²) in [6, 6.07) is 0. The number of carbonyl (C=O) groups excluding carboxylic acids is 1. The molecule has 1 rings (SSSR count). The van der Waals surface area contributed by atoms with E-state index >= 15 is 0 Å². The van der Waals surface area contributed by atoms with Crippen molar-refractivity contribution in [1.82, 2.24) is 5.32 Å². The molecule has 1 N–H and O–H groups in total. The first kappa shape index (κ1) is 11.3. The molecule has 2 atom stereocenters. The first-order valence-electron chi connectivity index (χ1n) is 5.30. The molecule has 82 valence electrons. The van der Waals surface area contributed by atoms with Gasteiger partial charge in [-0.25, -0.2) is 4.79 Å². The number of hydrogen-bond donors (Lipinski definition) is 1. The van der Waals surface area contributed by atoms with Gasteiger partial charge in [-0.15, -0.1) is 0 Å². The topological polar surface area (TPSA) is 47.6 Å². The molecule has 0 aromatic carbocycles. The Balaban J connectivity index is 2.20. The summed E-state index contributed by atoms with van der Waals surface area (Å²) in [4.78, 5) is 11.0. The highest BCUT2D eigenvalue weighted by Gasteiger charge is 2.26. The van der Waals surface area contributed by atoms with Crippen molar-refractivity contribution in [3.63, 3.8) is 0 Å². The minimum absolute atomic E-state index is 0.303. The molecule has 0 aromatic rings. The Hall–Kier alpha value is -0.770. The third-order valence-corrected chi connectivity index (χ3v) is 2.53. The van der Waals surface area contributed by atoms with Crippen molar-refractivity contribution >= 4 is 6.09 Å². The quantitative estimate of drug-likeness (QED) is 0.750.